The van der Waals surface area contributed by atoms with Crippen molar-refractivity contribution in [3.63, 3.8) is 0 Å². The van der Waals surface area contributed by atoms with Crippen LogP contribution in [0, 0.1) is 5.82 Å². The molecule has 2 aliphatic rings. The maximum atomic E-state index is 13.8. The second-order valence-electron chi connectivity index (χ2n) is 7.01. The number of morpholine rings is 1. The summed E-state index contributed by atoms with van der Waals surface area (Å²) < 4.78 is 25.2. The van der Waals surface area contributed by atoms with E-state index in [9.17, 15) is 9.18 Å². The molecule has 31 heavy (non-hydrogen) atoms. The molecule has 2 aliphatic heterocycles. The summed E-state index contributed by atoms with van der Waals surface area (Å²) in [5, 5.41) is 5.91. The number of hydrogen-bond donors (Lipinski definition) is 1. The molecule has 3 heterocycles. The van der Waals surface area contributed by atoms with Crippen molar-refractivity contribution in [2.24, 2.45) is 4.99 Å². The number of nitrogens with zero attached hydrogens (tertiary/aromatic N) is 3. The van der Waals surface area contributed by atoms with Crippen LogP contribution in [0.3, 0.4) is 0 Å². The number of esters is 1. The van der Waals surface area contributed by atoms with E-state index in [0.29, 0.717) is 51.9 Å². The molecule has 1 fully saturated rings. The Morgan fingerprint density at radius 2 is 2.23 bits per heavy atom. The van der Waals surface area contributed by atoms with Crippen molar-refractivity contribution in [2.75, 3.05) is 39.5 Å². The highest BCUT2D eigenvalue weighted by atomic mass is 79.9. The lowest BCUT2D eigenvalue weighted by Gasteiger charge is -2.32. The number of thiazole rings is 1. The lowest BCUT2D eigenvalue weighted by molar-refractivity contribution is -0.139. The van der Waals surface area contributed by atoms with Gasteiger partial charge in [-0.05, 0) is 24.6 Å². The molecule has 7 nitrogen and oxygen atoms in total. The lowest BCUT2D eigenvalue weighted by atomic mass is 9.95. The molecular weight excluding hydrogens is 487 g/mol. The van der Waals surface area contributed by atoms with Crippen molar-refractivity contribution in [3.8, 4) is 0 Å². The van der Waals surface area contributed by atoms with E-state index in [-0.39, 0.29) is 12.4 Å². The van der Waals surface area contributed by atoms with Gasteiger partial charge in [0.15, 0.2) is 10.8 Å². The first-order valence-corrected chi connectivity index (χ1v) is 11.6. The van der Waals surface area contributed by atoms with E-state index in [4.69, 9.17) is 14.5 Å². The van der Waals surface area contributed by atoms with Crippen LogP contribution in [0.25, 0.3) is 0 Å². The van der Waals surface area contributed by atoms with Gasteiger partial charge < -0.3 is 14.8 Å². The number of amidine groups is 1. The Bertz CT molecular complexity index is 1010. The quantitative estimate of drug-likeness (QED) is 0.603. The monoisotopic (exact) mass is 508 g/mol. The van der Waals surface area contributed by atoms with Crippen molar-refractivity contribution in [1.82, 2.24) is 15.2 Å². The second-order valence-corrected chi connectivity index (χ2v) is 8.76. The SMILES string of the molecule is CCOC(=O)C1=C(CN2CCOCC2)NC(c2nccs2)=N[C@@H]1c1ccc(F)cc1Br. The first kappa shape index (κ1) is 22.1. The number of nitrogens with one attached hydrogen (secondary N) is 1. The summed E-state index contributed by atoms with van der Waals surface area (Å²) in [7, 11) is 0. The maximum Gasteiger partial charge on any atom is 0.338 e. The Balaban J connectivity index is 1.81. The van der Waals surface area contributed by atoms with E-state index >= 15 is 0 Å². The number of ether oxygens (including phenoxy) is 2. The van der Waals surface area contributed by atoms with Crippen molar-refractivity contribution < 1.29 is 18.7 Å². The minimum atomic E-state index is -0.662. The van der Waals surface area contributed by atoms with E-state index in [1.807, 2.05) is 5.38 Å². The standard InChI is InChI=1S/C21H22BrFN4O3S/c1-2-30-21(28)17-16(12-27-6-8-29-9-7-27)25-19(20-24-5-10-31-20)26-18(17)14-4-3-13(23)11-15(14)22/h3-5,10-11,18H,2,6-9,12H2,1H3,(H,25,26)/t18-/m1/s1. The molecule has 0 spiro atoms. The summed E-state index contributed by atoms with van der Waals surface area (Å²) in [6, 6.07) is 3.72. The van der Waals surface area contributed by atoms with Gasteiger partial charge in [-0.3, -0.25) is 9.89 Å². The van der Waals surface area contributed by atoms with Crippen LogP contribution in [0.15, 0.2) is 50.5 Å². The zero-order valence-corrected chi connectivity index (χ0v) is 19.3. The molecule has 164 valence electrons. The van der Waals surface area contributed by atoms with Crippen molar-refractivity contribution >= 4 is 39.1 Å². The van der Waals surface area contributed by atoms with Crippen LogP contribution in [0.4, 0.5) is 4.39 Å². The zero-order chi connectivity index (χ0) is 21.8. The molecule has 0 aliphatic carbocycles. The topological polar surface area (TPSA) is 76.0 Å². The van der Waals surface area contributed by atoms with Crippen LogP contribution < -0.4 is 5.32 Å². The minimum Gasteiger partial charge on any atom is -0.463 e. The van der Waals surface area contributed by atoms with E-state index in [1.54, 1.807) is 19.2 Å². The van der Waals surface area contributed by atoms with E-state index in [2.05, 4.69) is 31.1 Å². The summed E-state index contributed by atoms with van der Waals surface area (Å²) in [6.07, 6.45) is 1.71. The van der Waals surface area contributed by atoms with Crippen molar-refractivity contribution in [1.29, 1.82) is 0 Å². The third-order valence-corrected chi connectivity index (χ3v) is 6.47. The summed E-state index contributed by atoms with van der Waals surface area (Å²) in [5.74, 6) is -0.238. The Labute approximate surface area is 192 Å². The molecule has 1 N–H and O–H groups in total. The largest absolute Gasteiger partial charge is 0.463 e. The molecule has 0 bridgehead atoms. The second kappa shape index (κ2) is 9.99. The van der Waals surface area contributed by atoms with Gasteiger partial charge in [-0.15, -0.1) is 11.3 Å². The fraction of sp³-hybridized carbons (Fsp3) is 0.381. The van der Waals surface area contributed by atoms with Gasteiger partial charge in [0.2, 0.25) is 0 Å². The first-order valence-electron chi connectivity index (χ1n) is 9.96. The molecule has 2 aromatic rings. The van der Waals surface area contributed by atoms with E-state index in [1.165, 1.54) is 23.5 Å². The molecular formula is C21H22BrFN4O3S. The Morgan fingerprint density at radius 3 is 2.90 bits per heavy atom. The van der Waals surface area contributed by atoms with Gasteiger partial charge in [-0.2, -0.15) is 0 Å². The number of hydrogen-bond acceptors (Lipinski definition) is 8. The Kier molecular flexibility index (Phi) is 7.11. The van der Waals surface area contributed by atoms with Crippen LogP contribution in [0.5, 0.6) is 0 Å². The molecule has 0 amide bonds. The lowest BCUT2D eigenvalue weighted by Crippen LogP contribution is -2.43. The van der Waals surface area contributed by atoms with Gasteiger partial charge in [0.25, 0.3) is 0 Å². The fourth-order valence-corrected chi connectivity index (χ4v) is 4.71. The molecule has 4 rings (SSSR count). The first-order chi connectivity index (χ1) is 15.1. The number of carbonyl (C=O) groups excluding carboxylic acids is 1. The highest BCUT2D eigenvalue weighted by molar-refractivity contribution is 9.10. The van der Waals surface area contributed by atoms with Crippen molar-refractivity contribution in [3.05, 3.63) is 61.9 Å². The number of rotatable bonds is 6. The molecule has 1 atom stereocenters. The molecule has 10 heteroatoms. The molecule has 1 saturated heterocycles. The van der Waals surface area contributed by atoms with Crippen LogP contribution in [-0.4, -0.2) is 61.1 Å². The number of benzene rings is 1. The van der Waals surface area contributed by atoms with Gasteiger partial charge in [0.05, 0.1) is 25.4 Å². The smallest absolute Gasteiger partial charge is 0.338 e. The van der Waals surface area contributed by atoms with Gasteiger partial charge in [0.1, 0.15) is 11.9 Å². The predicted molar refractivity (Wildman–Crippen MR) is 120 cm³/mol. The number of aromatic nitrogens is 1. The Hall–Kier alpha value is -2.14. The third-order valence-electron chi connectivity index (χ3n) is 5.00. The highest BCUT2D eigenvalue weighted by Crippen LogP contribution is 2.37. The van der Waals surface area contributed by atoms with Crippen LogP contribution in [-0.2, 0) is 14.3 Å². The zero-order valence-electron chi connectivity index (χ0n) is 16.9. The number of aliphatic imine (C=N–C) groups is 1. The summed E-state index contributed by atoms with van der Waals surface area (Å²) in [4.78, 5) is 24.5. The predicted octanol–water partition coefficient (Wildman–Crippen LogP) is 3.29. The molecule has 0 radical (unpaired) electrons. The van der Waals surface area contributed by atoms with Gasteiger partial charge in [-0.1, -0.05) is 22.0 Å². The van der Waals surface area contributed by atoms with Gasteiger partial charge in [0, 0.05) is 41.4 Å². The van der Waals surface area contributed by atoms with Crippen LogP contribution in [0.2, 0.25) is 0 Å². The maximum absolute atomic E-state index is 13.8. The number of halogens is 2. The normalized spacial score (nSPS) is 19.7. The van der Waals surface area contributed by atoms with Gasteiger partial charge in [-0.25, -0.2) is 14.2 Å². The van der Waals surface area contributed by atoms with Crippen LogP contribution >= 0.6 is 27.3 Å². The Morgan fingerprint density at radius 1 is 1.42 bits per heavy atom. The number of carbonyl (C=O) groups is 1. The van der Waals surface area contributed by atoms with Crippen molar-refractivity contribution in [2.45, 2.75) is 13.0 Å². The average molecular weight is 509 g/mol. The fourth-order valence-electron chi connectivity index (χ4n) is 3.55. The molecule has 0 unspecified atom stereocenters. The summed E-state index contributed by atoms with van der Waals surface area (Å²) in [6.45, 7) is 5.32. The van der Waals surface area contributed by atoms with Crippen LogP contribution in [0.1, 0.15) is 23.5 Å². The summed E-state index contributed by atoms with van der Waals surface area (Å²) in [5.41, 5.74) is 1.81. The highest BCUT2D eigenvalue weighted by Gasteiger charge is 2.34. The molecule has 1 aromatic carbocycles. The van der Waals surface area contributed by atoms with E-state index in [0.717, 1.165) is 13.1 Å². The van der Waals surface area contributed by atoms with E-state index < -0.39 is 12.0 Å². The average Bonchev–Trinajstić information content (AvgIpc) is 3.29. The molecule has 0 saturated carbocycles. The van der Waals surface area contributed by atoms with Gasteiger partial charge >= 0.3 is 5.97 Å². The molecule has 1 aromatic heterocycles. The summed E-state index contributed by atoms with van der Waals surface area (Å²) >= 11 is 4.89. The third kappa shape index (κ3) is 5.03. The minimum absolute atomic E-state index is 0.244.